The van der Waals surface area contributed by atoms with Gasteiger partial charge in [0.1, 0.15) is 6.04 Å². The highest BCUT2D eigenvalue weighted by Crippen LogP contribution is 2.51. The summed E-state index contributed by atoms with van der Waals surface area (Å²) in [6.45, 7) is 0.970. The molecule has 0 aromatic heterocycles. The zero-order valence-corrected chi connectivity index (χ0v) is 16.8. The molecule has 4 rings (SSSR count). The molecule has 148 valence electrons. The third-order valence-corrected chi connectivity index (χ3v) is 6.81. The minimum Gasteiger partial charge on any atom is -0.504 e. The SMILES string of the molecule is COc1ccc2c(c1O)-c1cc(SC[C@@H](N)C(=O)O)cc3c1[C@@H](C2)N(C)CC3. The lowest BCUT2D eigenvalue weighted by Gasteiger charge is -2.40. The number of thioether (sulfide) groups is 1. The molecule has 4 N–H and O–H groups in total. The summed E-state index contributed by atoms with van der Waals surface area (Å²) < 4.78 is 5.33. The molecule has 1 heterocycles. The highest BCUT2D eigenvalue weighted by Gasteiger charge is 2.35. The molecular formula is C21H24N2O4S. The van der Waals surface area contributed by atoms with E-state index in [1.807, 2.05) is 12.1 Å². The van der Waals surface area contributed by atoms with Gasteiger partial charge in [-0.25, -0.2) is 0 Å². The van der Waals surface area contributed by atoms with Crippen LogP contribution >= 0.6 is 11.8 Å². The first-order chi connectivity index (χ1) is 13.4. The maximum absolute atomic E-state index is 11.1. The van der Waals surface area contributed by atoms with Gasteiger partial charge in [-0.2, -0.15) is 0 Å². The number of phenolic OH excluding ortho intramolecular Hbond substituents is 1. The van der Waals surface area contributed by atoms with E-state index in [9.17, 15) is 9.90 Å². The van der Waals surface area contributed by atoms with Crippen LogP contribution in [0.3, 0.4) is 0 Å². The van der Waals surface area contributed by atoms with Crippen molar-refractivity contribution in [2.45, 2.75) is 29.8 Å². The zero-order valence-electron chi connectivity index (χ0n) is 15.9. The number of nitrogens with two attached hydrogens (primary N) is 1. The van der Waals surface area contributed by atoms with E-state index in [1.165, 1.54) is 22.9 Å². The van der Waals surface area contributed by atoms with Gasteiger partial charge in [-0.1, -0.05) is 6.07 Å². The largest absolute Gasteiger partial charge is 0.504 e. The number of hydrogen-bond donors (Lipinski definition) is 3. The number of aliphatic carboxylic acids is 1. The van der Waals surface area contributed by atoms with E-state index in [-0.39, 0.29) is 11.8 Å². The Morgan fingerprint density at radius 1 is 1.39 bits per heavy atom. The molecular weight excluding hydrogens is 376 g/mol. The number of methoxy groups -OCH3 is 1. The topological polar surface area (TPSA) is 96.0 Å². The summed E-state index contributed by atoms with van der Waals surface area (Å²) in [7, 11) is 3.69. The van der Waals surface area contributed by atoms with E-state index in [0.717, 1.165) is 41.0 Å². The van der Waals surface area contributed by atoms with Crippen LogP contribution in [0.25, 0.3) is 11.1 Å². The van der Waals surface area contributed by atoms with Crippen molar-refractivity contribution in [3.8, 4) is 22.6 Å². The maximum atomic E-state index is 11.1. The Bertz CT molecular complexity index is 946. The summed E-state index contributed by atoms with van der Waals surface area (Å²) >= 11 is 1.44. The molecule has 0 bridgehead atoms. The number of carboxylic acid groups (broad SMARTS) is 1. The molecule has 2 aromatic rings. The van der Waals surface area contributed by atoms with Gasteiger partial charge in [-0.05, 0) is 60.3 Å². The van der Waals surface area contributed by atoms with Gasteiger partial charge in [0.25, 0.3) is 0 Å². The fraction of sp³-hybridized carbons (Fsp3) is 0.381. The molecule has 6 nitrogen and oxygen atoms in total. The summed E-state index contributed by atoms with van der Waals surface area (Å²) in [6, 6.07) is 7.42. The van der Waals surface area contributed by atoms with Crippen LogP contribution in [0.4, 0.5) is 0 Å². The molecule has 28 heavy (non-hydrogen) atoms. The van der Waals surface area contributed by atoms with Crippen LogP contribution in [0.1, 0.15) is 22.7 Å². The highest BCUT2D eigenvalue weighted by molar-refractivity contribution is 7.99. The summed E-state index contributed by atoms with van der Waals surface area (Å²) in [5, 5.41) is 19.9. The predicted octanol–water partition coefficient (Wildman–Crippen LogP) is 2.66. The minimum atomic E-state index is -0.999. The van der Waals surface area contributed by atoms with Gasteiger partial charge in [-0.15, -0.1) is 11.8 Å². The average molecular weight is 401 g/mol. The van der Waals surface area contributed by atoms with Crippen LogP contribution in [0.15, 0.2) is 29.2 Å². The summed E-state index contributed by atoms with van der Waals surface area (Å²) in [5.41, 5.74) is 11.1. The number of ether oxygens (including phenoxy) is 1. The number of fused-ring (bicyclic) bond motifs is 2. The first-order valence-electron chi connectivity index (χ1n) is 9.28. The first kappa shape index (κ1) is 19.1. The summed E-state index contributed by atoms with van der Waals surface area (Å²) in [4.78, 5) is 14.4. The second-order valence-corrected chi connectivity index (χ2v) is 8.49. The standard InChI is InChI=1S/C21H24N2O4S/c1-23-6-5-12-7-13(28-10-15(22)21(25)26)9-14-18(12)16(23)8-11-3-4-17(27-2)20(24)19(11)14/h3-4,7,9,15-16,24H,5-6,8,10,22H2,1-2H3,(H,25,26)/t15-,16-/m1/s1. The van der Waals surface area contributed by atoms with E-state index in [2.05, 4.69) is 24.1 Å². The van der Waals surface area contributed by atoms with Gasteiger partial charge < -0.3 is 20.7 Å². The van der Waals surface area contributed by atoms with Crippen molar-refractivity contribution >= 4 is 17.7 Å². The van der Waals surface area contributed by atoms with E-state index in [1.54, 1.807) is 7.11 Å². The van der Waals surface area contributed by atoms with Gasteiger partial charge in [0.2, 0.25) is 0 Å². The van der Waals surface area contributed by atoms with Crippen LogP contribution in [-0.2, 0) is 17.6 Å². The van der Waals surface area contributed by atoms with Crippen molar-refractivity contribution in [3.63, 3.8) is 0 Å². The van der Waals surface area contributed by atoms with Crippen LogP contribution < -0.4 is 10.5 Å². The molecule has 0 saturated carbocycles. The average Bonchev–Trinajstić information content (AvgIpc) is 2.68. The molecule has 1 aliphatic carbocycles. The van der Waals surface area contributed by atoms with Gasteiger partial charge in [0.05, 0.1) is 7.11 Å². The van der Waals surface area contributed by atoms with E-state index in [4.69, 9.17) is 15.6 Å². The number of likely N-dealkylation sites (N-methyl/N-ethyl adjacent to an activating group) is 1. The normalized spacial score (nSPS) is 18.9. The van der Waals surface area contributed by atoms with Crippen molar-refractivity contribution in [2.24, 2.45) is 5.73 Å². The van der Waals surface area contributed by atoms with Crippen molar-refractivity contribution in [1.82, 2.24) is 4.90 Å². The quantitative estimate of drug-likeness (QED) is 0.664. The highest BCUT2D eigenvalue weighted by atomic mass is 32.2. The predicted molar refractivity (Wildman–Crippen MR) is 109 cm³/mol. The van der Waals surface area contributed by atoms with Crippen LogP contribution in [0.2, 0.25) is 0 Å². The third-order valence-electron chi connectivity index (χ3n) is 5.71. The van der Waals surface area contributed by atoms with Crippen LogP contribution in [0.5, 0.6) is 11.5 Å². The van der Waals surface area contributed by atoms with Gasteiger partial charge >= 0.3 is 5.97 Å². The van der Waals surface area contributed by atoms with Gasteiger partial charge in [-0.3, -0.25) is 9.69 Å². The fourth-order valence-corrected chi connectivity index (χ4v) is 5.16. The lowest BCUT2D eigenvalue weighted by atomic mass is 9.77. The van der Waals surface area contributed by atoms with Crippen molar-refractivity contribution < 1.29 is 19.7 Å². The lowest BCUT2D eigenvalue weighted by Crippen LogP contribution is -2.35. The number of hydrogen-bond acceptors (Lipinski definition) is 6. The Morgan fingerprint density at radius 2 is 2.18 bits per heavy atom. The third kappa shape index (κ3) is 3.13. The number of benzene rings is 2. The van der Waals surface area contributed by atoms with Gasteiger partial charge in [0, 0.05) is 28.8 Å². The molecule has 0 spiro atoms. The van der Waals surface area contributed by atoms with E-state index < -0.39 is 12.0 Å². The second kappa shape index (κ2) is 7.31. The molecule has 0 saturated heterocycles. The van der Waals surface area contributed by atoms with Crippen molar-refractivity contribution in [1.29, 1.82) is 0 Å². The Kier molecular flexibility index (Phi) is 4.99. The molecule has 2 aliphatic rings. The molecule has 7 heteroatoms. The zero-order chi connectivity index (χ0) is 20.0. The first-order valence-corrected chi connectivity index (χ1v) is 10.3. The van der Waals surface area contributed by atoms with E-state index >= 15 is 0 Å². The Morgan fingerprint density at radius 3 is 2.89 bits per heavy atom. The second-order valence-electron chi connectivity index (χ2n) is 7.40. The molecule has 2 aromatic carbocycles. The Labute approximate surface area is 168 Å². The van der Waals surface area contributed by atoms with Gasteiger partial charge in [0.15, 0.2) is 11.5 Å². The number of carboxylic acids is 1. The number of rotatable bonds is 5. The fourth-order valence-electron chi connectivity index (χ4n) is 4.22. The molecule has 0 radical (unpaired) electrons. The Hall–Kier alpha value is -2.22. The van der Waals surface area contributed by atoms with Crippen molar-refractivity contribution in [2.75, 3.05) is 26.5 Å². The number of carbonyl (C=O) groups is 1. The smallest absolute Gasteiger partial charge is 0.321 e. The number of phenols is 1. The molecule has 0 fully saturated rings. The lowest BCUT2D eigenvalue weighted by molar-refractivity contribution is -0.137. The summed E-state index contributed by atoms with van der Waals surface area (Å²) in [6.07, 6.45) is 1.77. The minimum absolute atomic E-state index is 0.165. The molecule has 2 atom stereocenters. The Balaban J connectivity index is 1.84. The maximum Gasteiger partial charge on any atom is 0.321 e. The van der Waals surface area contributed by atoms with Crippen molar-refractivity contribution in [3.05, 3.63) is 41.0 Å². The number of aromatic hydroxyl groups is 1. The molecule has 0 unspecified atom stereocenters. The molecule has 1 aliphatic heterocycles. The number of nitrogens with zero attached hydrogens (tertiary/aromatic N) is 1. The monoisotopic (exact) mass is 400 g/mol. The van der Waals surface area contributed by atoms with E-state index in [0.29, 0.717) is 11.5 Å². The molecule has 0 amide bonds. The van der Waals surface area contributed by atoms with Crippen LogP contribution in [-0.4, -0.2) is 53.6 Å². The van der Waals surface area contributed by atoms with Crippen LogP contribution in [0, 0.1) is 0 Å². The summed E-state index contributed by atoms with van der Waals surface area (Å²) in [5.74, 6) is -0.0750.